The number of rotatable bonds is 7. The van der Waals surface area contributed by atoms with Gasteiger partial charge in [-0.15, -0.1) is 0 Å². The molecule has 0 heterocycles. The number of carboxylic acid groups (broad SMARTS) is 2. The number of aliphatic carboxylic acids is 1. The molecule has 2 atom stereocenters. The highest BCUT2D eigenvalue weighted by molar-refractivity contribution is 5.88. The second kappa shape index (κ2) is 8.74. The highest BCUT2D eigenvalue weighted by Gasteiger charge is 2.31. The summed E-state index contributed by atoms with van der Waals surface area (Å²) in [5.74, 6) is -3.65. The Morgan fingerprint density at radius 2 is 1.48 bits per heavy atom. The van der Waals surface area contributed by atoms with E-state index in [9.17, 15) is 37.8 Å². The second-order valence-corrected chi connectivity index (χ2v) is 6.13. The molecule has 0 saturated carbocycles. The minimum atomic E-state index is -4.57. The predicted octanol–water partition coefficient (Wildman–Crippen LogP) is 2.25. The maximum absolute atomic E-state index is 12.6. The molecule has 0 aliphatic carbocycles. The van der Waals surface area contributed by atoms with Crippen LogP contribution in [-0.4, -0.2) is 39.2 Å². The Bertz CT molecular complexity index is 894. The topological polar surface area (TPSA) is 124 Å². The molecule has 2 aromatic carbocycles. The summed E-state index contributed by atoms with van der Waals surface area (Å²) in [6, 6.07) is 7.12. The number of benzene rings is 2. The minimum absolute atomic E-state index is 0.00221. The standard InChI is InChI=1S/C19H16F3NO6/c20-19(21,22)13-7-5-11(6-8-13)15(24)16(25)23-14(18(28)29)9-10-1-3-12(4-2-10)17(26)27/h1-8,14-15,24H,9H2,(H,23,25)(H,26,27)(H,28,29)/t14-,15-/m1/s1. The first-order chi connectivity index (χ1) is 13.5. The fourth-order valence-corrected chi connectivity index (χ4v) is 2.48. The van der Waals surface area contributed by atoms with Gasteiger partial charge in [-0.1, -0.05) is 24.3 Å². The number of hydrogen-bond acceptors (Lipinski definition) is 4. The average Bonchev–Trinajstić information content (AvgIpc) is 2.66. The molecule has 4 N–H and O–H groups in total. The van der Waals surface area contributed by atoms with Gasteiger partial charge in [0.15, 0.2) is 6.10 Å². The van der Waals surface area contributed by atoms with E-state index in [0.29, 0.717) is 17.7 Å². The van der Waals surface area contributed by atoms with Gasteiger partial charge in [0.1, 0.15) is 6.04 Å². The Labute approximate surface area is 162 Å². The SMILES string of the molecule is O=C(O)c1ccc(C[C@@H](NC(=O)[C@H](O)c2ccc(C(F)(F)F)cc2)C(=O)O)cc1. The van der Waals surface area contributed by atoms with Crippen molar-refractivity contribution >= 4 is 17.8 Å². The summed E-state index contributed by atoms with van der Waals surface area (Å²) < 4.78 is 37.7. The van der Waals surface area contributed by atoms with Crippen molar-refractivity contribution in [2.45, 2.75) is 24.7 Å². The van der Waals surface area contributed by atoms with Crippen molar-refractivity contribution in [3.8, 4) is 0 Å². The molecule has 0 aromatic heterocycles. The summed E-state index contributed by atoms with van der Waals surface area (Å²) in [7, 11) is 0. The highest BCUT2D eigenvalue weighted by atomic mass is 19.4. The van der Waals surface area contributed by atoms with Crippen molar-refractivity contribution in [3.05, 3.63) is 70.8 Å². The van der Waals surface area contributed by atoms with Crippen LogP contribution >= 0.6 is 0 Å². The molecule has 29 heavy (non-hydrogen) atoms. The summed E-state index contributed by atoms with van der Waals surface area (Å²) >= 11 is 0. The lowest BCUT2D eigenvalue weighted by Crippen LogP contribution is -2.44. The predicted molar refractivity (Wildman–Crippen MR) is 93.1 cm³/mol. The molecule has 2 aromatic rings. The largest absolute Gasteiger partial charge is 0.480 e. The van der Waals surface area contributed by atoms with Crippen molar-refractivity contribution in [2.75, 3.05) is 0 Å². The molecule has 2 rings (SSSR count). The number of carbonyl (C=O) groups excluding carboxylic acids is 1. The first kappa shape index (κ1) is 21.9. The van der Waals surface area contributed by atoms with Crippen molar-refractivity contribution in [1.82, 2.24) is 5.32 Å². The fraction of sp³-hybridized carbons (Fsp3) is 0.211. The van der Waals surface area contributed by atoms with Gasteiger partial charge in [0, 0.05) is 6.42 Å². The lowest BCUT2D eigenvalue weighted by atomic mass is 10.0. The molecule has 10 heteroatoms. The van der Waals surface area contributed by atoms with Gasteiger partial charge in [0.25, 0.3) is 5.91 Å². The number of carbonyl (C=O) groups is 3. The van der Waals surface area contributed by atoms with Crippen LogP contribution in [0.4, 0.5) is 13.2 Å². The van der Waals surface area contributed by atoms with Gasteiger partial charge in [0.05, 0.1) is 11.1 Å². The van der Waals surface area contributed by atoms with Crippen molar-refractivity contribution in [2.24, 2.45) is 0 Å². The number of nitrogens with one attached hydrogen (secondary N) is 1. The Balaban J connectivity index is 2.08. The Morgan fingerprint density at radius 3 is 1.93 bits per heavy atom. The van der Waals surface area contributed by atoms with E-state index in [1.807, 2.05) is 0 Å². The number of aliphatic hydroxyl groups excluding tert-OH is 1. The lowest BCUT2D eigenvalue weighted by molar-refractivity contribution is -0.143. The van der Waals surface area contributed by atoms with Gasteiger partial charge in [-0.3, -0.25) is 4.79 Å². The minimum Gasteiger partial charge on any atom is -0.480 e. The maximum atomic E-state index is 12.6. The van der Waals surface area contributed by atoms with Gasteiger partial charge in [-0.05, 0) is 35.4 Å². The molecule has 0 unspecified atom stereocenters. The molecule has 1 amide bonds. The normalized spacial score (nSPS) is 13.4. The molecule has 0 fully saturated rings. The third-order valence-electron chi connectivity index (χ3n) is 4.06. The molecule has 0 aliphatic rings. The fourth-order valence-electron chi connectivity index (χ4n) is 2.48. The quantitative estimate of drug-likeness (QED) is 0.554. The van der Waals surface area contributed by atoms with Crippen LogP contribution in [0.3, 0.4) is 0 Å². The van der Waals surface area contributed by atoms with E-state index in [-0.39, 0.29) is 17.5 Å². The average molecular weight is 411 g/mol. The third-order valence-corrected chi connectivity index (χ3v) is 4.06. The van der Waals surface area contributed by atoms with E-state index in [1.54, 1.807) is 0 Å². The van der Waals surface area contributed by atoms with Crippen LogP contribution in [0.15, 0.2) is 48.5 Å². The number of aliphatic hydroxyl groups is 1. The zero-order chi connectivity index (χ0) is 21.8. The first-order valence-corrected chi connectivity index (χ1v) is 8.19. The molecule has 154 valence electrons. The molecule has 0 aliphatic heterocycles. The summed E-state index contributed by atoms with van der Waals surface area (Å²) in [5, 5.41) is 30.3. The maximum Gasteiger partial charge on any atom is 0.416 e. The molecular formula is C19H16F3NO6. The van der Waals surface area contributed by atoms with Crippen molar-refractivity contribution in [3.63, 3.8) is 0 Å². The van der Waals surface area contributed by atoms with E-state index in [1.165, 1.54) is 24.3 Å². The van der Waals surface area contributed by atoms with Crippen LogP contribution < -0.4 is 5.32 Å². The second-order valence-electron chi connectivity index (χ2n) is 6.13. The van der Waals surface area contributed by atoms with E-state index >= 15 is 0 Å². The number of aromatic carboxylic acids is 1. The van der Waals surface area contributed by atoms with Crippen LogP contribution in [0.25, 0.3) is 0 Å². The zero-order valence-electron chi connectivity index (χ0n) is 14.7. The van der Waals surface area contributed by atoms with Crippen LogP contribution in [0.2, 0.25) is 0 Å². The number of carboxylic acids is 2. The summed E-state index contributed by atoms with van der Waals surface area (Å²) in [6.07, 6.45) is -6.63. The monoisotopic (exact) mass is 411 g/mol. The first-order valence-electron chi connectivity index (χ1n) is 8.19. The number of amides is 1. The molecule has 0 spiro atoms. The molecule has 0 radical (unpaired) electrons. The van der Waals surface area contributed by atoms with Crippen LogP contribution in [0, 0.1) is 0 Å². The summed E-state index contributed by atoms with van der Waals surface area (Å²) in [6.45, 7) is 0. The molecule has 0 bridgehead atoms. The molecule has 7 nitrogen and oxygen atoms in total. The van der Waals surface area contributed by atoms with Gasteiger partial charge >= 0.3 is 18.1 Å². The van der Waals surface area contributed by atoms with Crippen LogP contribution in [0.5, 0.6) is 0 Å². The zero-order valence-corrected chi connectivity index (χ0v) is 14.7. The number of halogens is 3. The van der Waals surface area contributed by atoms with Gasteiger partial charge in [-0.25, -0.2) is 9.59 Å². The number of alkyl halides is 3. The van der Waals surface area contributed by atoms with Crippen molar-refractivity contribution < 1.29 is 42.9 Å². The van der Waals surface area contributed by atoms with E-state index in [4.69, 9.17) is 5.11 Å². The van der Waals surface area contributed by atoms with Crippen LogP contribution in [-0.2, 0) is 22.2 Å². The summed E-state index contributed by atoms with van der Waals surface area (Å²) in [5.41, 5.74) is -0.665. The third kappa shape index (κ3) is 5.79. The van der Waals surface area contributed by atoms with Gasteiger partial charge in [-0.2, -0.15) is 13.2 Å². The Kier molecular flexibility index (Phi) is 6.60. The smallest absolute Gasteiger partial charge is 0.416 e. The highest BCUT2D eigenvalue weighted by Crippen LogP contribution is 2.30. The van der Waals surface area contributed by atoms with E-state index in [2.05, 4.69) is 5.32 Å². The van der Waals surface area contributed by atoms with Crippen LogP contribution in [0.1, 0.15) is 33.2 Å². The Hall–Kier alpha value is -3.40. The van der Waals surface area contributed by atoms with E-state index in [0.717, 1.165) is 12.1 Å². The molecular weight excluding hydrogens is 395 g/mol. The van der Waals surface area contributed by atoms with Gasteiger partial charge < -0.3 is 20.6 Å². The van der Waals surface area contributed by atoms with Crippen molar-refractivity contribution in [1.29, 1.82) is 0 Å². The Morgan fingerprint density at radius 1 is 0.931 bits per heavy atom. The van der Waals surface area contributed by atoms with Gasteiger partial charge in [0.2, 0.25) is 0 Å². The molecule has 0 saturated heterocycles. The lowest BCUT2D eigenvalue weighted by Gasteiger charge is -2.18. The summed E-state index contributed by atoms with van der Waals surface area (Å²) in [4.78, 5) is 34.4. The number of hydrogen-bond donors (Lipinski definition) is 4. The van der Waals surface area contributed by atoms with E-state index < -0.39 is 41.7 Å².